The summed E-state index contributed by atoms with van der Waals surface area (Å²) in [6.07, 6.45) is 3.78. The summed E-state index contributed by atoms with van der Waals surface area (Å²) >= 11 is 3.54. The fourth-order valence-electron chi connectivity index (χ4n) is 2.61. The minimum atomic E-state index is 0.234. The number of benzene rings is 1. The molecular weight excluding hydrogens is 290 g/mol. The molecule has 0 bridgehead atoms. The quantitative estimate of drug-likeness (QED) is 0.771. The van der Waals surface area contributed by atoms with Gasteiger partial charge in [0.15, 0.2) is 0 Å². The van der Waals surface area contributed by atoms with E-state index in [9.17, 15) is 0 Å². The summed E-state index contributed by atoms with van der Waals surface area (Å²) in [5.74, 6) is 0. The Morgan fingerprint density at radius 1 is 1.28 bits per heavy atom. The number of aryl methyl sites for hydroxylation is 1. The van der Waals surface area contributed by atoms with Crippen molar-refractivity contribution in [1.29, 1.82) is 0 Å². The van der Waals surface area contributed by atoms with Gasteiger partial charge in [0, 0.05) is 22.2 Å². The third-order valence-corrected chi connectivity index (χ3v) is 3.95. The Morgan fingerprint density at radius 3 is 2.94 bits per heavy atom. The number of halogens is 1. The number of hydrogen-bond donors (Lipinski definition) is 0. The first-order valence-electron chi connectivity index (χ1n) is 6.42. The Hall–Kier alpha value is -0.930. The van der Waals surface area contributed by atoms with E-state index < -0.39 is 0 Å². The number of nitrogens with zero attached hydrogens (tertiary/aromatic N) is 1. The zero-order chi connectivity index (χ0) is 12.5. The third kappa shape index (κ3) is 2.29. The Balaban J connectivity index is 2.16. The van der Waals surface area contributed by atoms with Crippen LogP contribution in [-0.4, -0.2) is 11.6 Å². The van der Waals surface area contributed by atoms with Crippen LogP contribution in [0, 0.1) is 6.92 Å². The van der Waals surface area contributed by atoms with E-state index in [-0.39, 0.29) is 6.10 Å². The lowest BCUT2D eigenvalue weighted by Gasteiger charge is -2.24. The van der Waals surface area contributed by atoms with Crippen molar-refractivity contribution in [1.82, 2.24) is 4.98 Å². The molecule has 0 amide bonds. The second kappa shape index (κ2) is 4.98. The Labute approximate surface area is 115 Å². The minimum absolute atomic E-state index is 0.234. The predicted molar refractivity (Wildman–Crippen MR) is 76.7 cm³/mol. The van der Waals surface area contributed by atoms with E-state index in [0.29, 0.717) is 0 Å². The number of aromatic nitrogens is 1. The summed E-state index contributed by atoms with van der Waals surface area (Å²) in [5, 5.41) is 1.21. The molecule has 94 valence electrons. The molecule has 1 aliphatic rings. The number of hydrogen-bond acceptors (Lipinski definition) is 2. The predicted octanol–water partition coefficient (Wildman–Crippen LogP) is 4.55. The molecule has 0 radical (unpaired) electrons. The highest BCUT2D eigenvalue weighted by molar-refractivity contribution is 9.10. The lowest BCUT2D eigenvalue weighted by Crippen LogP contribution is -2.12. The monoisotopic (exact) mass is 305 g/mol. The molecule has 1 aromatic heterocycles. The van der Waals surface area contributed by atoms with Gasteiger partial charge in [0.25, 0.3) is 0 Å². The maximum Gasteiger partial charge on any atom is 0.0832 e. The molecule has 18 heavy (non-hydrogen) atoms. The van der Waals surface area contributed by atoms with Crippen molar-refractivity contribution in [2.45, 2.75) is 32.3 Å². The number of rotatable bonds is 1. The average molecular weight is 306 g/mol. The standard InChI is InChI=1S/C15H16BrNO/c1-10-8-13(15-4-2-3-7-18-15)12-9-11(16)5-6-14(12)17-10/h5-6,8-9,15H,2-4,7H2,1H3. The van der Waals surface area contributed by atoms with Gasteiger partial charge in [-0.05, 0) is 56.0 Å². The van der Waals surface area contributed by atoms with Crippen LogP contribution in [0.15, 0.2) is 28.7 Å². The highest BCUT2D eigenvalue weighted by Crippen LogP contribution is 2.33. The van der Waals surface area contributed by atoms with Crippen LogP contribution in [0.3, 0.4) is 0 Å². The maximum atomic E-state index is 5.92. The molecule has 3 heteroatoms. The van der Waals surface area contributed by atoms with E-state index in [1.807, 2.05) is 13.0 Å². The molecule has 1 saturated heterocycles. The van der Waals surface area contributed by atoms with Crippen LogP contribution in [-0.2, 0) is 4.74 Å². The first-order chi connectivity index (χ1) is 8.74. The summed E-state index contributed by atoms with van der Waals surface area (Å²) in [5.41, 5.74) is 3.41. The molecule has 1 unspecified atom stereocenters. The van der Waals surface area contributed by atoms with E-state index in [4.69, 9.17) is 4.74 Å². The largest absolute Gasteiger partial charge is 0.374 e. The topological polar surface area (TPSA) is 22.1 Å². The molecule has 1 aromatic carbocycles. The zero-order valence-corrected chi connectivity index (χ0v) is 12.0. The van der Waals surface area contributed by atoms with E-state index in [1.165, 1.54) is 23.8 Å². The van der Waals surface area contributed by atoms with Gasteiger partial charge in [-0.15, -0.1) is 0 Å². The maximum absolute atomic E-state index is 5.92. The van der Waals surface area contributed by atoms with Gasteiger partial charge >= 0.3 is 0 Å². The molecule has 0 spiro atoms. The fraction of sp³-hybridized carbons (Fsp3) is 0.400. The summed E-state index contributed by atoms with van der Waals surface area (Å²) in [6.45, 7) is 2.93. The van der Waals surface area contributed by atoms with Gasteiger partial charge < -0.3 is 4.74 Å². The van der Waals surface area contributed by atoms with E-state index in [0.717, 1.165) is 28.7 Å². The van der Waals surface area contributed by atoms with Gasteiger partial charge in [-0.3, -0.25) is 4.98 Å². The Morgan fingerprint density at radius 2 is 2.17 bits per heavy atom. The second-order valence-electron chi connectivity index (χ2n) is 4.87. The van der Waals surface area contributed by atoms with Crippen LogP contribution in [0.1, 0.15) is 36.6 Å². The first kappa shape index (κ1) is 12.1. The normalized spacial score (nSPS) is 20.2. The SMILES string of the molecule is Cc1cc(C2CCCCO2)c2cc(Br)ccc2n1. The molecule has 2 nitrogen and oxygen atoms in total. The molecule has 0 aliphatic carbocycles. The third-order valence-electron chi connectivity index (χ3n) is 3.46. The number of ether oxygens (including phenoxy) is 1. The molecule has 1 aliphatic heterocycles. The lowest BCUT2D eigenvalue weighted by atomic mass is 9.97. The highest BCUT2D eigenvalue weighted by Gasteiger charge is 2.19. The highest BCUT2D eigenvalue weighted by atomic mass is 79.9. The summed E-state index contributed by atoms with van der Waals surface area (Å²) in [7, 11) is 0. The second-order valence-corrected chi connectivity index (χ2v) is 5.79. The smallest absolute Gasteiger partial charge is 0.0832 e. The van der Waals surface area contributed by atoms with Crippen LogP contribution in [0.4, 0.5) is 0 Å². The lowest BCUT2D eigenvalue weighted by molar-refractivity contribution is 0.0158. The van der Waals surface area contributed by atoms with Crippen molar-refractivity contribution < 1.29 is 4.74 Å². The van der Waals surface area contributed by atoms with Gasteiger partial charge in [-0.1, -0.05) is 15.9 Å². The molecule has 3 rings (SSSR count). The van der Waals surface area contributed by atoms with Gasteiger partial charge in [0.05, 0.1) is 11.6 Å². The number of fused-ring (bicyclic) bond motifs is 1. The summed E-state index contributed by atoms with van der Waals surface area (Å²) in [6, 6.07) is 8.43. The van der Waals surface area contributed by atoms with Gasteiger partial charge in [0.1, 0.15) is 0 Å². The van der Waals surface area contributed by atoms with E-state index in [1.54, 1.807) is 0 Å². The number of pyridine rings is 1. The molecule has 0 saturated carbocycles. The van der Waals surface area contributed by atoms with Crippen LogP contribution in [0.25, 0.3) is 10.9 Å². The molecule has 2 aromatic rings. The van der Waals surface area contributed by atoms with Crippen molar-refractivity contribution in [2.24, 2.45) is 0 Å². The van der Waals surface area contributed by atoms with Crippen molar-refractivity contribution >= 4 is 26.8 Å². The van der Waals surface area contributed by atoms with Crippen LogP contribution >= 0.6 is 15.9 Å². The van der Waals surface area contributed by atoms with E-state index >= 15 is 0 Å². The first-order valence-corrected chi connectivity index (χ1v) is 7.22. The minimum Gasteiger partial charge on any atom is -0.374 e. The van der Waals surface area contributed by atoms with Crippen molar-refractivity contribution in [3.63, 3.8) is 0 Å². The van der Waals surface area contributed by atoms with Crippen molar-refractivity contribution in [2.75, 3.05) is 6.61 Å². The molecule has 1 fully saturated rings. The summed E-state index contributed by atoms with van der Waals surface area (Å²) in [4.78, 5) is 4.60. The summed E-state index contributed by atoms with van der Waals surface area (Å²) < 4.78 is 7.02. The van der Waals surface area contributed by atoms with E-state index in [2.05, 4.69) is 39.1 Å². The average Bonchev–Trinajstić information content (AvgIpc) is 2.39. The van der Waals surface area contributed by atoms with Gasteiger partial charge in [-0.2, -0.15) is 0 Å². The molecule has 2 heterocycles. The van der Waals surface area contributed by atoms with Crippen LogP contribution in [0.2, 0.25) is 0 Å². The Bertz CT molecular complexity index is 576. The van der Waals surface area contributed by atoms with Crippen LogP contribution < -0.4 is 0 Å². The zero-order valence-electron chi connectivity index (χ0n) is 10.4. The fourth-order valence-corrected chi connectivity index (χ4v) is 2.98. The van der Waals surface area contributed by atoms with Crippen molar-refractivity contribution in [3.8, 4) is 0 Å². The molecular formula is C15H16BrNO. The van der Waals surface area contributed by atoms with Crippen LogP contribution in [0.5, 0.6) is 0 Å². The molecule has 1 atom stereocenters. The van der Waals surface area contributed by atoms with Crippen molar-refractivity contribution in [3.05, 3.63) is 40.0 Å². The van der Waals surface area contributed by atoms with Gasteiger partial charge in [-0.25, -0.2) is 0 Å². The Kier molecular flexibility index (Phi) is 3.35. The van der Waals surface area contributed by atoms with Gasteiger partial charge in [0.2, 0.25) is 0 Å². The molecule has 0 N–H and O–H groups in total.